The Morgan fingerprint density at radius 3 is 2.55 bits per heavy atom. The van der Waals surface area contributed by atoms with Gasteiger partial charge in [-0.1, -0.05) is 11.6 Å². The molecule has 1 aromatic rings. The molecule has 0 aliphatic carbocycles. The van der Waals surface area contributed by atoms with E-state index in [-0.39, 0.29) is 62.7 Å². The van der Waals surface area contributed by atoms with Crippen molar-refractivity contribution in [3.63, 3.8) is 0 Å². The van der Waals surface area contributed by atoms with Gasteiger partial charge in [0.1, 0.15) is 21.1 Å². The van der Waals surface area contributed by atoms with E-state index in [0.717, 1.165) is 25.0 Å². The van der Waals surface area contributed by atoms with Crippen molar-refractivity contribution >= 4 is 61.0 Å². The fraction of sp³-hybridized carbons (Fsp3) is 0.812. The van der Waals surface area contributed by atoms with Gasteiger partial charge in [0, 0.05) is 43.4 Å². The summed E-state index contributed by atoms with van der Waals surface area (Å²) in [6, 6.07) is 0.331. The zero-order valence-corrected chi connectivity index (χ0v) is 32.9. The van der Waals surface area contributed by atoms with E-state index in [0.29, 0.717) is 50.1 Å². The number of rotatable bonds is 23. The number of aromatic nitrogens is 3. The van der Waals surface area contributed by atoms with Crippen LogP contribution < -0.4 is 26.6 Å². The number of alkyl carbamates (subject to hydrolysis) is 1. The molecule has 2 aliphatic rings. The Morgan fingerprint density at radius 1 is 1.00 bits per heavy atom. The van der Waals surface area contributed by atoms with Crippen molar-refractivity contribution in [3.05, 3.63) is 11.9 Å². The first-order valence-corrected chi connectivity index (χ1v) is 19.3. The lowest BCUT2D eigenvalue weighted by molar-refractivity contribution is -0.124. The average Bonchev–Trinajstić information content (AvgIpc) is 3.74. The molecule has 290 valence electrons. The summed E-state index contributed by atoms with van der Waals surface area (Å²) in [6.45, 7) is 11.2. The fourth-order valence-corrected chi connectivity index (χ4v) is 7.22. The van der Waals surface area contributed by atoms with Gasteiger partial charge in [0.05, 0.1) is 57.9 Å². The van der Waals surface area contributed by atoms with E-state index in [1.54, 1.807) is 38.6 Å². The molecule has 0 saturated carbocycles. The number of hydrogen-bond acceptors (Lipinski definition) is 13. The molecule has 2 aliphatic heterocycles. The van der Waals surface area contributed by atoms with Crippen LogP contribution in [0.1, 0.15) is 78.8 Å². The molecule has 2 unspecified atom stereocenters. The molecule has 5 atom stereocenters. The van der Waals surface area contributed by atoms with Crippen molar-refractivity contribution in [2.45, 2.75) is 119 Å². The minimum atomic E-state index is -0.895. The Hall–Kier alpha value is -2.45. The predicted molar refractivity (Wildman–Crippen MR) is 200 cm³/mol. The quantitative estimate of drug-likeness (QED) is 0.0373. The Labute approximate surface area is 315 Å². The Kier molecular flexibility index (Phi) is 17.4. The average molecular weight is 777 g/mol. The smallest absolute Gasteiger partial charge is 0.407 e. The van der Waals surface area contributed by atoms with Gasteiger partial charge in [-0.05, 0) is 47.5 Å². The Bertz CT molecular complexity index is 1280. The molecule has 3 heterocycles. The highest BCUT2D eigenvalue weighted by molar-refractivity contribution is 8.00. The molecule has 16 nitrogen and oxygen atoms in total. The summed E-state index contributed by atoms with van der Waals surface area (Å²) < 4.78 is 23.8. The minimum absolute atomic E-state index is 0.0236. The van der Waals surface area contributed by atoms with E-state index in [9.17, 15) is 19.2 Å². The van der Waals surface area contributed by atoms with Crippen LogP contribution in [0, 0.1) is 0 Å². The number of nitrogens with zero attached hydrogens (tertiary/aromatic N) is 3. The number of thiol groups is 2. The third-order valence-electron chi connectivity index (χ3n) is 7.76. The first-order chi connectivity index (χ1) is 24.0. The second-order valence-electron chi connectivity index (χ2n) is 14.1. The fourth-order valence-electron chi connectivity index (χ4n) is 5.27. The van der Waals surface area contributed by atoms with Crippen molar-refractivity contribution in [2.24, 2.45) is 0 Å². The zero-order chi connectivity index (χ0) is 37.5. The molecule has 2 fully saturated rings. The van der Waals surface area contributed by atoms with Crippen LogP contribution in [-0.4, -0.2) is 117 Å². The molecular formula is C32H56N8O8S3. The summed E-state index contributed by atoms with van der Waals surface area (Å²) in [7, 11) is 0. The van der Waals surface area contributed by atoms with Gasteiger partial charge in [-0.15, -0.1) is 30.4 Å². The summed E-state index contributed by atoms with van der Waals surface area (Å²) in [5.41, 5.74) is 0.0920. The van der Waals surface area contributed by atoms with E-state index in [4.69, 9.17) is 18.9 Å². The molecule has 0 bridgehead atoms. The highest BCUT2D eigenvalue weighted by atomic mass is 32.2. The third-order valence-corrected chi connectivity index (χ3v) is 9.86. The molecule has 1 aromatic heterocycles. The molecule has 0 spiro atoms. The van der Waals surface area contributed by atoms with E-state index in [2.05, 4.69) is 62.2 Å². The van der Waals surface area contributed by atoms with E-state index < -0.39 is 21.5 Å². The second-order valence-corrected chi connectivity index (χ2v) is 17.3. The summed E-state index contributed by atoms with van der Waals surface area (Å²) in [4.78, 5) is 46.2. The first kappa shape index (κ1) is 43.0. The maximum absolute atomic E-state index is 12.3. The van der Waals surface area contributed by atoms with Gasteiger partial charge in [-0.3, -0.25) is 14.3 Å². The lowest BCUT2D eigenvalue weighted by Gasteiger charge is -2.25. The predicted octanol–water partition coefficient (Wildman–Crippen LogP) is 2.38. The van der Waals surface area contributed by atoms with Crippen molar-refractivity contribution in [1.82, 2.24) is 41.6 Å². The zero-order valence-electron chi connectivity index (χ0n) is 30.3. The molecule has 3 rings (SSSR count). The number of hydrogen-bond donors (Lipinski definition) is 7. The van der Waals surface area contributed by atoms with Crippen molar-refractivity contribution in [3.8, 4) is 0 Å². The van der Waals surface area contributed by atoms with Crippen LogP contribution in [0.4, 0.5) is 9.59 Å². The summed E-state index contributed by atoms with van der Waals surface area (Å²) in [5.74, 6) is 0.678. The lowest BCUT2D eigenvalue weighted by atomic mass is 10.0. The van der Waals surface area contributed by atoms with Crippen LogP contribution in [0.5, 0.6) is 0 Å². The van der Waals surface area contributed by atoms with Gasteiger partial charge >= 0.3 is 12.1 Å². The SMILES string of the molecule is CC(S)(COCCNC(=O)OC(C)(C)C)NC(=O)CCOCCOC(C)(S)CCn1cc(CNC(=O)CCCC[C@@H]2SC[C@@H]3NC(=O)N[C@@H]32)nn1. The monoisotopic (exact) mass is 776 g/mol. The van der Waals surface area contributed by atoms with Crippen LogP contribution in [-0.2, 0) is 41.6 Å². The van der Waals surface area contributed by atoms with Crippen LogP contribution in [0.3, 0.4) is 0 Å². The van der Waals surface area contributed by atoms with E-state index >= 15 is 0 Å². The van der Waals surface area contributed by atoms with Gasteiger partial charge in [-0.25, -0.2) is 9.59 Å². The standard InChI is InChI=1S/C32H56N8O8S3/c1-30(2,3)48-29(44)33-12-15-46-21-31(4,49)37-26(42)10-14-45-16-17-47-32(5,50)11-13-40-19-22(38-39-40)18-34-25(41)9-7-6-8-24-27-23(20-51-24)35-28(43)36-27/h19,23-24,27,49-50H,6-18,20-21H2,1-5H3,(H,33,44)(H,34,41)(H,37,42)(H2,35,36,43)/t23-,24-,27-,31?,32?/m0/s1. The first-order valence-electron chi connectivity index (χ1n) is 17.4. The number of thioether (sulfide) groups is 1. The normalized spacial score (nSPS) is 20.8. The molecular weight excluding hydrogens is 721 g/mol. The van der Waals surface area contributed by atoms with Gasteiger partial charge in [-0.2, -0.15) is 11.8 Å². The number of urea groups is 1. The topological polar surface area (TPSA) is 196 Å². The number of ether oxygens (including phenoxy) is 4. The van der Waals surface area contributed by atoms with E-state index in [1.807, 2.05) is 18.7 Å². The summed E-state index contributed by atoms with van der Waals surface area (Å²) in [6.07, 6.45) is 5.11. The largest absolute Gasteiger partial charge is 0.444 e. The lowest BCUT2D eigenvalue weighted by Crippen LogP contribution is -2.45. The van der Waals surface area contributed by atoms with Gasteiger partial charge in [0.2, 0.25) is 11.8 Å². The molecule has 0 aromatic carbocycles. The van der Waals surface area contributed by atoms with Crippen LogP contribution in [0.15, 0.2) is 6.20 Å². The summed E-state index contributed by atoms with van der Waals surface area (Å²) >= 11 is 11.0. The number of aryl methyl sites for hydroxylation is 1. The van der Waals surface area contributed by atoms with Crippen molar-refractivity contribution in [1.29, 1.82) is 0 Å². The Morgan fingerprint density at radius 2 is 1.78 bits per heavy atom. The van der Waals surface area contributed by atoms with Gasteiger partial charge in [0.25, 0.3) is 0 Å². The highest BCUT2D eigenvalue weighted by Crippen LogP contribution is 2.33. The van der Waals surface area contributed by atoms with Crippen LogP contribution >= 0.6 is 37.0 Å². The van der Waals surface area contributed by atoms with E-state index in [1.165, 1.54) is 0 Å². The number of nitrogens with one attached hydrogen (secondary N) is 5. The highest BCUT2D eigenvalue weighted by Gasteiger charge is 2.42. The molecule has 5 N–H and O–H groups in total. The van der Waals surface area contributed by atoms with Gasteiger partial charge in [0.15, 0.2) is 0 Å². The second kappa shape index (κ2) is 20.7. The molecule has 51 heavy (non-hydrogen) atoms. The van der Waals surface area contributed by atoms with Crippen molar-refractivity contribution in [2.75, 3.05) is 45.3 Å². The van der Waals surface area contributed by atoms with Gasteiger partial charge < -0.3 is 45.5 Å². The maximum atomic E-state index is 12.3. The molecule has 19 heteroatoms. The number of fused-ring (bicyclic) bond motifs is 1. The van der Waals surface area contributed by atoms with Crippen molar-refractivity contribution < 1.29 is 38.1 Å². The maximum Gasteiger partial charge on any atom is 0.407 e. The third kappa shape index (κ3) is 17.8. The molecule has 0 radical (unpaired) electrons. The van der Waals surface area contributed by atoms with Crippen LogP contribution in [0.2, 0.25) is 0 Å². The molecule has 2 saturated heterocycles. The minimum Gasteiger partial charge on any atom is -0.444 e. The summed E-state index contributed by atoms with van der Waals surface area (Å²) in [5, 5.41) is 23.0. The number of carbonyl (C=O) groups is 4. The molecule has 5 amide bonds. The Balaban J connectivity index is 1.17. The van der Waals surface area contributed by atoms with Crippen LogP contribution in [0.25, 0.3) is 0 Å². The number of amides is 5. The number of carbonyl (C=O) groups excluding carboxylic acids is 4. The number of unbranched alkanes of at least 4 members (excludes halogenated alkanes) is 1.